The molecule has 1 N–H and O–H groups in total. The van der Waals surface area contributed by atoms with Crippen LogP contribution in [0.5, 0.6) is 0 Å². The molecule has 76 valence electrons. The van der Waals surface area contributed by atoms with Crippen LogP contribution in [0, 0.1) is 0 Å². The van der Waals surface area contributed by atoms with Gasteiger partial charge in [0.15, 0.2) is 0 Å². The summed E-state index contributed by atoms with van der Waals surface area (Å²) in [7, 11) is 2.13. The third-order valence-electron chi connectivity index (χ3n) is 2.76. The normalized spacial score (nSPS) is 21.1. The predicted molar refractivity (Wildman–Crippen MR) is 58.5 cm³/mol. The zero-order valence-corrected chi connectivity index (χ0v) is 8.61. The Hall–Kier alpha value is -1.09. The number of aromatic nitrogens is 1. The molecule has 1 aliphatic heterocycles. The first kappa shape index (κ1) is 9.46. The summed E-state index contributed by atoms with van der Waals surface area (Å²) in [6.07, 6.45) is 6.30. The SMILES string of the molecule is CN(C[C@H]1CCCN1)c1ccncc1. The molecule has 2 rings (SSSR count). The second-order valence-corrected chi connectivity index (χ2v) is 3.88. The lowest BCUT2D eigenvalue weighted by Crippen LogP contribution is -2.35. The number of anilines is 1. The molecular weight excluding hydrogens is 174 g/mol. The molecular formula is C11H17N3. The van der Waals surface area contributed by atoms with Gasteiger partial charge in [-0.05, 0) is 31.5 Å². The van der Waals surface area contributed by atoms with E-state index in [0.717, 1.165) is 6.54 Å². The van der Waals surface area contributed by atoms with E-state index in [9.17, 15) is 0 Å². The lowest BCUT2D eigenvalue weighted by atomic mass is 10.2. The second-order valence-electron chi connectivity index (χ2n) is 3.88. The van der Waals surface area contributed by atoms with Crippen molar-refractivity contribution < 1.29 is 0 Å². The van der Waals surface area contributed by atoms with Gasteiger partial charge in [0.2, 0.25) is 0 Å². The molecule has 0 radical (unpaired) electrons. The molecule has 0 bridgehead atoms. The number of likely N-dealkylation sites (N-methyl/N-ethyl adjacent to an activating group) is 1. The van der Waals surface area contributed by atoms with Gasteiger partial charge in [-0.1, -0.05) is 0 Å². The van der Waals surface area contributed by atoms with Crippen LogP contribution in [0.1, 0.15) is 12.8 Å². The minimum Gasteiger partial charge on any atom is -0.373 e. The molecule has 1 aliphatic rings. The summed E-state index contributed by atoms with van der Waals surface area (Å²) in [5.41, 5.74) is 1.24. The maximum atomic E-state index is 4.02. The van der Waals surface area contributed by atoms with Crippen molar-refractivity contribution in [2.75, 3.05) is 25.0 Å². The highest BCUT2D eigenvalue weighted by molar-refractivity contribution is 5.43. The minimum atomic E-state index is 0.660. The maximum absolute atomic E-state index is 4.02. The fourth-order valence-corrected chi connectivity index (χ4v) is 1.95. The smallest absolute Gasteiger partial charge is 0.0395 e. The molecule has 3 heteroatoms. The number of hydrogen-bond acceptors (Lipinski definition) is 3. The van der Waals surface area contributed by atoms with Crippen LogP contribution >= 0.6 is 0 Å². The number of rotatable bonds is 3. The van der Waals surface area contributed by atoms with Gasteiger partial charge < -0.3 is 10.2 Å². The van der Waals surface area contributed by atoms with E-state index in [4.69, 9.17) is 0 Å². The van der Waals surface area contributed by atoms with E-state index in [0.29, 0.717) is 6.04 Å². The van der Waals surface area contributed by atoms with Crippen LogP contribution in [0.2, 0.25) is 0 Å². The molecule has 0 amide bonds. The molecule has 3 nitrogen and oxygen atoms in total. The molecule has 0 spiro atoms. The molecule has 1 aromatic heterocycles. The van der Waals surface area contributed by atoms with Gasteiger partial charge >= 0.3 is 0 Å². The van der Waals surface area contributed by atoms with Crippen molar-refractivity contribution in [1.82, 2.24) is 10.3 Å². The van der Waals surface area contributed by atoms with E-state index in [1.54, 1.807) is 0 Å². The molecule has 2 heterocycles. The summed E-state index contributed by atoms with van der Waals surface area (Å²) in [6.45, 7) is 2.26. The van der Waals surface area contributed by atoms with Crippen LogP contribution < -0.4 is 10.2 Å². The summed E-state index contributed by atoms with van der Waals surface area (Å²) in [5, 5.41) is 3.50. The number of pyridine rings is 1. The van der Waals surface area contributed by atoms with Crippen molar-refractivity contribution in [2.45, 2.75) is 18.9 Å². The summed E-state index contributed by atoms with van der Waals surface area (Å²) in [6, 6.07) is 4.76. The lowest BCUT2D eigenvalue weighted by Gasteiger charge is -2.22. The average Bonchev–Trinajstić information content (AvgIpc) is 2.72. The van der Waals surface area contributed by atoms with Crippen LogP contribution in [-0.2, 0) is 0 Å². The maximum Gasteiger partial charge on any atom is 0.0395 e. The highest BCUT2D eigenvalue weighted by Gasteiger charge is 2.15. The van der Waals surface area contributed by atoms with Crippen LogP contribution in [0.15, 0.2) is 24.5 Å². The van der Waals surface area contributed by atoms with Gasteiger partial charge in [0.05, 0.1) is 0 Å². The largest absolute Gasteiger partial charge is 0.373 e. The van der Waals surface area contributed by atoms with E-state index in [1.807, 2.05) is 12.4 Å². The highest BCUT2D eigenvalue weighted by atomic mass is 15.1. The Morgan fingerprint density at radius 2 is 2.29 bits per heavy atom. The van der Waals surface area contributed by atoms with Gasteiger partial charge in [-0.25, -0.2) is 0 Å². The van der Waals surface area contributed by atoms with Crippen molar-refractivity contribution in [1.29, 1.82) is 0 Å². The van der Waals surface area contributed by atoms with E-state index in [-0.39, 0.29) is 0 Å². The first-order valence-electron chi connectivity index (χ1n) is 5.21. The van der Waals surface area contributed by atoms with Gasteiger partial charge in [-0.15, -0.1) is 0 Å². The van der Waals surface area contributed by atoms with E-state index in [2.05, 4.69) is 34.4 Å². The zero-order chi connectivity index (χ0) is 9.80. The van der Waals surface area contributed by atoms with Gasteiger partial charge in [0.1, 0.15) is 0 Å². The Bertz CT molecular complexity index is 267. The van der Waals surface area contributed by atoms with Gasteiger partial charge in [-0.2, -0.15) is 0 Å². The van der Waals surface area contributed by atoms with Crippen LogP contribution in [0.25, 0.3) is 0 Å². The summed E-state index contributed by atoms with van der Waals surface area (Å²) < 4.78 is 0. The van der Waals surface area contributed by atoms with Crippen LogP contribution in [0.3, 0.4) is 0 Å². The average molecular weight is 191 g/mol. The molecule has 1 atom stereocenters. The monoisotopic (exact) mass is 191 g/mol. The fraction of sp³-hybridized carbons (Fsp3) is 0.545. The Morgan fingerprint density at radius 1 is 1.50 bits per heavy atom. The summed E-state index contributed by atoms with van der Waals surface area (Å²) in [4.78, 5) is 6.30. The van der Waals surface area contributed by atoms with Crippen LogP contribution in [-0.4, -0.2) is 31.2 Å². The number of hydrogen-bond donors (Lipinski definition) is 1. The molecule has 1 fully saturated rings. The van der Waals surface area contributed by atoms with E-state index in [1.165, 1.54) is 25.1 Å². The molecule has 1 saturated heterocycles. The van der Waals surface area contributed by atoms with E-state index < -0.39 is 0 Å². The quantitative estimate of drug-likeness (QED) is 0.780. The lowest BCUT2D eigenvalue weighted by molar-refractivity contribution is 0.600. The van der Waals surface area contributed by atoms with E-state index >= 15 is 0 Å². The standard InChI is InChI=1S/C11H17N3/c1-14(9-10-3-2-6-13-10)11-4-7-12-8-5-11/h4-5,7-8,10,13H,2-3,6,9H2,1H3/t10-/m1/s1. The van der Waals surface area contributed by atoms with Crippen LogP contribution in [0.4, 0.5) is 5.69 Å². The summed E-state index contributed by atoms with van der Waals surface area (Å²) >= 11 is 0. The molecule has 0 saturated carbocycles. The molecule has 0 aromatic carbocycles. The Balaban J connectivity index is 1.92. The number of nitrogens with zero attached hydrogens (tertiary/aromatic N) is 2. The predicted octanol–water partition coefficient (Wildman–Crippen LogP) is 1.27. The first-order chi connectivity index (χ1) is 6.86. The van der Waals surface area contributed by atoms with Crippen molar-refractivity contribution >= 4 is 5.69 Å². The Labute approximate surface area is 85.1 Å². The second kappa shape index (κ2) is 4.42. The zero-order valence-electron chi connectivity index (χ0n) is 8.61. The minimum absolute atomic E-state index is 0.660. The van der Waals surface area contributed by atoms with Crippen molar-refractivity contribution in [3.8, 4) is 0 Å². The van der Waals surface area contributed by atoms with Gasteiger partial charge in [-0.3, -0.25) is 4.98 Å². The third kappa shape index (κ3) is 2.23. The Morgan fingerprint density at radius 3 is 2.93 bits per heavy atom. The fourth-order valence-electron chi connectivity index (χ4n) is 1.95. The van der Waals surface area contributed by atoms with Gasteiger partial charge in [0.25, 0.3) is 0 Å². The molecule has 0 unspecified atom stereocenters. The number of nitrogens with one attached hydrogen (secondary N) is 1. The van der Waals surface area contributed by atoms with Crippen molar-refractivity contribution in [2.24, 2.45) is 0 Å². The third-order valence-corrected chi connectivity index (χ3v) is 2.76. The molecule has 0 aliphatic carbocycles. The van der Waals surface area contributed by atoms with Crippen molar-refractivity contribution in [3.63, 3.8) is 0 Å². The summed E-state index contributed by atoms with van der Waals surface area (Å²) in [5.74, 6) is 0. The molecule has 1 aromatic rings. The van der Waals surface area contributed by atoms with Crippen molar-refractivity contribution in [3.05, 3.63) is 24.5 Å². The molecule has 14 heavy (non-hydrogen) atoms. The Kier molecular flexibility index (Phi) is 2.99. The topological polar surface area (TPSA) is 28.2 Å². The first-order valence-corrected chi connectivity index (χ1v) is 5.21. The van der Waals surface area contributed by atoms with Gasteiger partial charge in [0, 0.05) is 37.7 Å². The highest BCUT2D eigenvalue weighted by Crippen LogP contribution is 2.13.